The van der Waals surface area contributed by atoms with Gasteiger partial charge in [-0.25, -0.2) is 0 Å². The van der Waals surface area contributed by atoms with Crippen LogP contribution in [-0.4, -0.2) is 27.2 Å². The molecule has 2 N–H and O–H groups in total. The predicted octanol–water partition coefficient (Wildman–Crippen LogP) is 3.00. The maximum Gasteiger partial charge on any atom is 0.155 e. The fraction of sp³-hybridized carbons (Fsp3) is 0.762. The molecule has 0 heterocycles. The first-order valence-corrected chi connectivity index (χ1v) is 9.37. The molecular weight excluding hydrogens is 300 g/mol. The second-order valence-corrected chi connectivity index (χ2v) is 9.10. The van der Waals surface area contributed by atoms with Crippen LogP contribution >= 0.6 is 0 Å². The molecular formula is C21H28O3. The minimum absolute atomic E-state index is 0.161. The largest absolute Gasteiger partial charge is 0.389 e. The van der Waals surface area contributed by atoms with Crippen molar-refractivity contribution in [3.8, 4) is 12.3 Å². The van der Waals surface area contributed by atoms with Crippen LogP contribution in [0.2, 0.25) is 0 Å². The van der Waals surface area contributed by atoms with Crippen LogP contribution in [0.15, 0.2) is 11.6 Å². The maximum absolute atomic E-state index is 11.9. The molecule has 3 fully saturated rings. The van der Waals surface area contributed by atoms with Crippen LogP contribution in [0.5, 0.6) is 0 Å². The first kappa shape index (κ1) is 16.4. The lowest BCUT2D eigenvalue weighted by molar-refractivity contribution is -0.202. The van der Waals surface area contributed by atoms with Gasteiger partial charge in [0.25, 0.3) is 0 Å². The number of terminal acetylenes is 1. The highest BCUT2D eigenvalue weighted by atomic mass is 16.3. The van der Waals surface area contributed by atoms with E-state index in [4.69, 9.17) is 6.42 Å². The Balaban J connectivity index is 1.77. The molecule has 0 amide bonds. The fourth-order valence-corrected chi connectivity index (χ4v) is 6.76. The van der Waals surface area contributed by atoms with Crippen molar-refractivity contribution >= 4 is 5.78 Å². The van der Waals surface area contributed by atoms with Crippen LogP contribution in [0.25, 0.3) is 0 Å². The summed E-state index contributed by atoms with van der Waals surface area (Å²) in [4.78, 5) is 11.9. The highest BCUT2D eigenvalue weighted by Gasteiger charge is 2.68. The van der Waals surface area contributed by atoms with Gasteiger partial charge in [0.1, 0.15) is 5.60 Å². The Morgan fingerprint density at radius 2 is 1.83 bits per heavy atom. The third-order valence-electron chi connectivity index (χ3n) is 8.54. The van der Waals surface area contributed by atoms with E-state index in [9.17, 15) is 15.0 Å². The van der Waals surface area contributed by atoms with Crippen molar-refractivity contribution in [1.29, 1.82) is 0 Å². The zero-order valence-corrected chi connectivity index (χ0v) is 14.8. The van der Waals surface area contributed by atoms with Crippen molar-refractivity contribution in [3.63, 3.8) is 0 Å². The van der Waals surface area contributed by atoms with E-state index >= 15 is 0 Å². The topological polar surface area (TPSA) is 57.5 Å². The van der Waals surface area contributed by atoms with Crippen molar-refractivity contribution in [1.82, 2.24) is 0 Å². The summed E-state index contributed by atoms with van der Waals surface area (Å²) in [6.45, 7) is 4.28. The number of ketones is 1. The lowest BCUT2D eigenvalue weighted by Gasteiger charge is -2.63. The van der Waals surface area contributed by atoms with Crippen LogP contribution < -0.4 is 0 Å². The molecule has 3 heteroatoms. The Morgan fingerprint density at radius 1 is 1.08 bits per heavy atom. The minimum atomic E-state index is -1.04. The molecule has 4 aliphatic rings. The molecule has 3 nitrogen and oxygen atoms in total. The average molecular weight is 328 g/mol. The summed E-state index contributed by atoms with van der Waals surface area (Å²) >= 11 is 0. The summed E-state index contributed by atoms with van der Waals surface area (Å²) in [6, 6.07) is 0. The summed E-state index contributed by atoms with van der Waals surface area (Å²) < 4.78 is 0. The standard InChI is InChI=1S/C21H28O3/c1-4-20(23)10-8-16-17-6-5-14-13-15(22)7-9-18(14,2)21(17,24)12-11-19(16,20)3/h1,13,16-17,23-24H,5-12H2,2-3H3/t16-,17-,18-,19-,20-,21-/m0/s1. The number of carbonyl (C=O) groups is 1. The summed E-state index contributed by atoms with van der Waals surface area (Å²) in [5, 5.41) is 22.8. The van der Waals surface area contributed by atoms with E-state index in [1.807, 2.05) is 0 Å². The normalized spacial score (nSPS) is 53.5. The Bertz CT molecular complexity index is 673. The molecule has 4 rings (SSSR count). The Kier molecular flexibility index (Phi) is 3.23. The molecule has 0 radical (unpaired) electrons. The van der Waals surface area contributed by atoms with Gasteiger partial charge < -0.3 is 10.2 Å². The van der Waals surface area contributed by atoms with Gasteiger partial charge in [-0.05, 0) is 62.9 Å². The van der Waals surface area contributed by atoms with E-state index in [1.165, 1.54) is 0 Å². The molecule has 0 aromatic heterocycles. The first-order valence-electron chi connectivity index (χ1n) is 9.37. The van der Waals surface area contributed by atoms with Gasteiger partial charge in [0.05, 0.1) is 5.60 Å². The SMILES string of the molecule is C#C[C@]1(O)CC[C@H]2[C@@H]3CCC4=CC(=O)CC[C@]4(C)[C@]3(O)CC[C@@]21C. The number of fused-ring (bicyclic) bond motifs is 5. The average Bonchev–Trinajstić information content (AvgIpc) is 2.82. The van der Waals surface area contributed by atoms with E-state index in [1.54, 1.807) is 6.08 Å². The molecule has 0 unspecified atom stereocenters. The number of aliphatic hydroxyl groups is 2. The van der Waals surface area contributed by atoms with Crippen molar-refractivity contribution in [2.45, 2.75) is 76.4 Å². The van der Waals surface area contributed by atoms with Gasteiger partial charge in [-0.1, -0.05) is 25.3 Å². The summed E-state index contributed by atoms with van der Waals surface area (Å²) in [6.07, 6.45) is 13.5. The third-order valence-corrected chi connectivity index (χ3v) is 8.54. The Morgan fingerprint density at radius 3 is 2.54 bits per heavy atom. The third kappa shape index (κ3) is 1.69. The molecule has 24 heavy (non-hydrogen) atoms. The van der Waals surface area contributed by atoms with E-state index in [-0.39, 0.29) is 28.4 Å². The predicted molar refractivity (Wildman–Crippen MR) is 92.0 cm³/mol. The molecule has 3 saturated carbocycles. The molecule has 0 aromatic carbocycles. The zero-order valence-electron chi connectivity index (χ0n) is 14.8. The van der Waals surface area contributed by atoms with Crippen LogP contribution in [0.4, 0.5) is 0 Å². The molecule has 0 aromatic rings. The summed E-state index contributed by atoms with van der Waals surface area (Å²) in [7, 11) is 0. The van der Waals surface area contributed by atoms with Crippen LogP contribution in [0, 0.1) is 35.0 Å². The second kappa shape index (κ2) is 4.74. The lowest BCUT2D eigenvalue weighted by atomic mass is 9.44. The van der Waals surface area contributed by atoms with Crippen LogP contribution in [-0.2, 0) is 4.79 Å². The number of hydrogen-bond donors (Lipinski definition) is 2. The molecule has 6 atom stereocenters. The molecule has 0 bridgehead atoms. The van der Waals surface area contributed by atoms with Gasteiger partial charge in [0, 0.05) is 17.3 Å². The molecule has 4 aliphatic carbocycles. The molecule has 130 valence electrons. The molecule has 0 spiro atoms. The van der Waals surface area contributed by atoms with Gasteiger partial charge in [-0.2, -0.15) is 0 Å². The Hall–Kier alpha value is -1.11. The minimum Gasteiger partial charge on any atom is -0.389 e. The van der Waals surface area contributed by atoms with E-state index in [0.29, 0.717) is 19.3 Å². The fourth-order valence-electron chi connectivity index (χ4n) is 6.76. The van der Waals surface area contributed by atoms with Gasteiger partial charge in [0.2, 0.25) is 0 Å². The van der Waals surface area contributed by atoms with Crippen molar-refractivity contribution < 1.29 is 15.0 Å². The van der Waals surface area contributed by atoms with Crippen LogP contribution in [0.1, 0.15) is 65.2 Å². The molecule has 0 saturated heterocycles. The second-order valence-electron chi connectivity index (χ2n) is 9.10. The monoisotopic (exact) mass is 328 g/mol. The Labute approximate surface area is 144 Å². The van der Waals surface area contributed by atoms with Gasteiger partial charge in [-0.3, -0.25) is 4.79 Å². The van der Waals surface area contributed by atoms with Crippen molar-refractivity contribution in [3.05, 3.63) is 11.6 Å². The first-order chi connectivity index (χ1) is 11.2. The lowest BCUT2D eigenvalue weighted by Crippen LogP contribution is -2.64. The quantitative estimate of drug-likeness (QED) is 0.672. The summed E-state index contributed by atoms with van der Waals surface area (Å²) in [5.41, 5.74) is -1.28. The van der Waals surface area contributed by atoms with Gasteiger partial charge in [-0.15, -0.1) is 6.42 Å². The number of hydrogen-bond acceptors (Lipinski definition) is 3. The van der Waals surface area contributed by atoms with E-state index in [2.05, 4.69) is 19.8 Å². The van der Waals surface area contributed by atoms with Gasteiger partial charge in [0.15, 0.2) is 5.78 Å². The van der Waals surface area contributed by atoms with Crippen molar-refractivity contribution in [2.24, 2.45) is 22.7 Å². The highest BCUT2D eigenvalue weighted by Crippen LogP contribution is 2.68. The number of rotatable bonds is 0. The van der Waals surface area contributed by atoms with E-state index in [0.717, 1.165) is 37.7 Å². The highest BCUT2D eigenvalue weighted by molar-refractivity contribution is 5.91. The van der Waals surface area contributed by atoms with Gasteiger partial charge >= 0.3 is 0 Å². The van der Waals surface area contributed by atoms with Crippen LogP contribution in [0.3, 0.4) is 0 Å². The van der Waals surface area contributed by atoms with E-state index < -0.39 is 11.2 Å². The number of carbonyl (C=O) groups excluding carboxylic acids is 1. The molecule has 0 aliphatic heterocycles. The van der Waals surface area contributed by atoms with Crippen molar-refractivity contribution in [2.75, 3.05) is 0 Å². The summed E-state index contributed by atoms with van der Waals surface area (Å²) in [5.74, 6) is 3.30. The maximum atomic E-state index is 11.9. The zero-order chi connectivity index (χ0) is 17.4. The smallest absolute Gasteiger partial charge is 0.155 e.